The number of hydrogen-bond acceptors (Lipinski definition) is 1. The number of carbonyl (C=O) groups excluding carboxylic acids is 1. The minimum atomic E-state index is 0.174. The minimum absolute atomic E-state index is 0.174. The molecule has 0 aliphatic rings. The van der Waals surface area contributed by atoms with E-state index in [2.05, 4.69) is 44.1 Å². The zero-order chi connectivity index (χ0) is 11.5. The zero-order valence-corrected chi connectivity index (χ0v) is 12.3. The van der Waals surface area contributed by atoms with Crippen LogP contribution in [0.1, 0.15) is 38.5 Å². The van der Waals surface area contributed by atoms with Gasteiger partial charge in [0.1, 0.15) is 0 Å². The molecule has 0 spiro atoms. The van der Waals surface area contributed by atoms with Gasteiger partial charge in [-0.05, 0) is 19.3 Å². The van der Waals surface area contributed by atoms with Crippen molar-refractivity contribution in [2.24, 2.45) is 0 Å². The molecule has 0 saturated heterocycles. The number of amides is 1. The smallest absolute Gasteiger partial charge is 0.219 e. The lowest BCUT2D eigenvalue weighted by Crippen LogP contribution is -2.24. The van der Waals surface area contributed by atoms with Crippen molar-refractivity contribution >= 4 is 37.8 Å². The van der Waals surface area contributed by atoms with Gasteiger partial charge in [0.15, 0.2) is 0 Å². The van der Waals surface area contributed by atoms with Crippen LogP contribution in [0.5, 0.6) is 0 Å². The first-order valence-corrected chi connectivity index (χ1v) is 7.50. The van der Waals surface area contributed by atoms with Crippen LogP contribution in [-0.2, 0) is 4.79 Å². The summed E-state index contributed by atoms with van der Waals surface area (Å²) in [4.78, 5) is 11.8. The molecule has 0 aromatic rings. The van der Waals surface area contributed by atoms with Gasteiger partial charge < -0.3 is 5.32 Å². The fraction of sp³-hybridized carbons (Fsp3) is 0.818. The molecule has 1 amide bonds. The maximum atomic E-state index is 11.3. The summed E-state index contributed by atoms with van der Waals surface area (Å²) in [6.45, 7) is 4.55. The molecule has 1 radical (unpaired) electrons. The van der Waals surface area contributed by atoms with Gasteiger partial charge in [0, 0.05) is 23.1 Å². The van der Waals surface area contributed by atoms with Gasteiger partial charge in [-0.2, -0.15) is 0 Å². The molecule has 0 aromatic heterocycles. The third-order valence-corrected chi connectivity index (χ3v) is 4.52. The molecule has 0 heterocycles. The molecule has 1 atom stereocenters. The average Bonchev–Trinajstić information content (AvgIpc) is 2.24. The minimum Gasteiger partial charge on any atom is -0.356 e. The van der Waals surface area contributed by atoms with Crippen molar-refractivity contribution in [3.8, 4) is 0 Å². The Morgan fingerprint density at radius 2 is 2.07 bits per heavy atom. The molecule has 2 nitrogen and oxygen atoms in total. The van der Waals surface area contributed by atoms with Crippen LogP contribution in [-0.4, -0.2) is 22.6 Å². The van der Waals surface area contributed by atoms with E-state index < -0.39 is 0 Å². The largest absolute Gasteiger partial charge is 0.356 e. The van der Waals surface area contributed by atoms with E-state index in [0.29, 0.717) is 11.2 Å². The van der Waals surface area contributed by atoms with Gasteiger partial charge in [-0.15, -0.1) is 0 Å². The van der Waals surface area contributed by atoms with Crippen molar-refractivity contribution in [3.63, 3.8) is 0 Å². The van der Waals surface area contributed by atoms with Gasteiger partial charge >= 0.3 is 0 Å². The standard InChI is InChI=1S/C11H20Br2NO/c1-2-3-4-8-14-11(15)7-5-6-10(13)9-12/h10H,1-9H2,(H,14,15). The molecule has 89 valence electrons. The molecule has 1 N–H and O–H groups in total. The van der Waals surface area contributed by atoms with Crippen LogP contribution in [0.25, 0.3) is 0 Å². The van der Waals surface area contributed by atoms with E-state index in [1.807, 2.05) is 0 Å². The summed E-state index contributed by atoms with van der Waals surface area (Å²) < 4.78 is 0. The molecular weight excluding hydrogens is 322 g/mol. The Balaban J connectivity index is 3.26. The summed E-state index contributed by atoms with van der Waals surface area (Å²) in [7, 11) is 0. The van der Waals surface area contributed by atoms with Gasteiger partial charge in [-0.1, -0.05) is 51.6 Å². The fourth-order valence-electron chi connectivity index (χ4n) is 1.18. The second-order valence-electron chi connectivity index (χ2n) is 3.55. The van der Waals surface area contributed by atoms with Crippen molar-refractivity contribution in [2.45, 2.75) is 43.4 Å². The molecular formula is C11H20Br2NO. The number of unbranched alkanes of at least 4 members (excludes halogenated alkanes) is 2. The van der Waals surface area contributed by atoms with Crippen LogP contribution in [0.15, 0.2) is 0 Å². The van der Waals surface area contributed by atoms with E-state index >= 15 is 0 Å². The molecule has 0 aromatic carbocycles. The second-order valence-corrected chi connectivity index (χ2v) is 5.50. The number of alkyl halides is 2. The van der Waals surface area contributed by atoms with Crippen LogP contribution in [0.4, 0.5) is 0 Å². The third-order valence-electron chi connectivity index (χ3n) is 2.09. The van der Waals surface area contributed by atoms with Gasteiger partial charge in [0.05, 0.1) is 0 Å². The number of hydrogen-bond donors (Lipinski definition) is 1. The number of carbonyl (C=O) groups is 1. The van der Waals surface area contributed by atoms with Gasteiger partial charge in [-0.25, -0.2) is 0 Å². The Labute approximate surface area is 110 Å². The van der Waals surface area contributed by atoms with Crippen molar-refractivity contribution in [1.82, 2.24) is 5.32 Å². The highest BCUT2D eigenvalue weighted by Gasteiger charge is 2.04. The van der Waals surface area contributed by atoms with E-state index in [4.69, 9.17) is 0 Å². The maximum absolute atomic E-state index is 11.3. The van der Waals surface area contributed by atoms with E-state index in [1.165, 1.54) is 0 Å². The first-order valence-electron chi connectivity index (χ1n) is 5.46. The highest BCUT2D eigenvalue weighted by molar-refractivity contribution is 9.12. The molecule has 0 rings (SSSR count). The third kappa shape index (κ3) is 10.7. The summed E-state index contributed by atoms with van der Waals surface area (Å²) in [5.41, 5.74) is 0. The summed E-state index contributed by atoms with van der Waals surface area (Å²) in [5.74, 6) is 0.174. The van der Waals surface area contributed by atoms with Gasteiger partial charge in [-0.3, -0.25) is 4.79 Å². The molecule has 0 aliphatic heterocycles. The lowest BCUT2D eigenvalue weighted by Gasteiger charge is -2.06. The molecule has 0 aliphatic carbocycles. The fourth-order valence-corrected chi connectivity index (χ4v) is 1.83. The lowest BCUT2D eigenvalue weighted by atomic mass is 10.2. The molecule has 15 heavy (non-hydrogen) atoms. The van der Waals surface area contributed by atoms with Crippen LogP contribution in [0.2, 0.25) is 0 Å². The monoisotopic (exact) mass is 340 g/mol. The van der Waals surface area contributed by atoms with E-state index in [-0.39, 0.29) is 5.91 Å². The van der Waals surface area contributed by atoms with Crippen molar-refractivity contribution in [2.75, 3.05) is 11.9 Å². The van der Waals surface area contributed by atoms with E-state index in [0.717, 1.165) is 44.0 Å². The van der Waals surface area contributed by atoms with Crippen molar-refractivity contribution < 1.29 is 4.79 Å². The summed E-state index contributed by atoms with van der Waals surface area (Å²) >= 11 is 6.90. The van der Waals surface area contributed by atoms with Crippen LogP contribution in [0.3, 0.4) is 0 Å². The van der Waals surface area contributed by atoms with E-state index in [9.17, 15) is 4.79 Å². The Kier molecular flexibility index (Phi) is 11.2. The number of rotatable bonds is 9. The van der Waals surface area contributed by atoms with Gasteiger partial charge in [0.2, 0.25) is 5.91 Å². The summed E-state index contributed by atoms with van der Waals surface area (Å²) in [6, 6.07) is 0. The predicted octanol–water partition coefficient (Wildman–Crippen LogP) is 3.44. The molecule has 1 unspecified atom stereocenters. The van der Waals surface area contributed by atoms with Crippen LogP contribution in [0, 0.1) is 6.92 Å². The van der Waals surface area contributed by atoms with Gasteiger partial charge in [0.25, 0.3) is 0 Å². The normalized spacial score (nSPS) is 12.5. The SMILES string of the molecule is [CH2]CCCCNC(=O)CCCC(Br)CBr. The van der Waals surface area contributed by atoms with Crippen LogP contribution < -0.4 is 5.32 Å². The zero-order valence-electron chi connectivity index (χ0n) is 9.11. The first kappa shape index (κ1) is 15.4. The Hall–Kier alpha value is 0.430. The van der Waals surface area contributed by atoms with Crippen molar-refractivity contribution in [1.29, 1.82) is 0 Å². The Morgan fingerprint density at radius 1 is 1.33 bits per heavy atom. The predicted molar refractivity (Wildman–Crippen MR) is 72.6 cm³/mol. The number of halogens is 2. The highest BCUT2D eigenvalue weighted by atomic mass is 79.9. The van der Waals surface area contributed by atoms with Crippen LogP contribution >= 0.6 is 31.9 Å². The maximum Gasteiger partial charge on any atom is 0.219 e. The van der Waals surface area contributed by atoms with E-state index in [1.54, 1.807) is 0 Å². The highest BCUT2D eigenvalue weighted by Crippen LogP contribution is 2.11. The molecule has 0 saturated carbocycles. The first-order chi connectivity index (χ1) is 7.20. The lowest BCUT2D eigenvalue weighted by molar-refractivity contribution is -0.121. The Bertz CT molecular complexity index is 165. The van der Waals surface area contributed by atoms with Crippen molar-refractivity contribution in [3.05, 3.63) is 6.92 Å². The summed E-state index contributed by atoms with van der Waals surface area (Å²) in [5, 5.41) is 3.86. The average molecular weight is 342 g/mol. The summed E-state index contributed by atoms with van der Waals surface area (Å²) in [6.07, 6.45) is 5.71. The molecule has 4 heteroatoms. The topological polar surface area (TPSA) is 29.1 Å². The quantitative estimate of drug-likeness (QED) is 0.505. The second kappa shape index (κ2) is 10.9. The Morgan fingerprint density at radius 3 is 2.67 bits per heavy atom. The molecule has 0 fully saturated rings. The molecule has 0 bridgehead atoms. The number of nitrogens with one attached hydrogen (secondary N) is 1.